The van der Waals surface area contributed by atoms with Gasteiger partial charge in [-0.3, -0.25) is 0 Å². The van der Waals surface area contributed by atoms with Crippen molar-refractivity contribution >= 4 is 24.0 Å². The summed E-state index contributed by atoms with van der Waals surface area (Å²) in [5.74, 6) is -0.270. The highest BCUT2D eigenvalue weighted by Crippen LogP contribution is 2.28. The Hall–Kier alpha value is -0.310. The van der Waals surface area contributed by atoms with Gasteiger partial charge >= 0.3 is 0 Å². The molecule has 84 valence electrons. The van der Waals surface area contributed by atoms with E-state index in [1.165, 1.54) is 6.42 Å². The minimum Gasteiger partial charge on any atom is -0.310 e. The van der Waals surface area contributed by atoms with Crippen molar-refractivity contribution in [3.63, 3.8) is 0 Å². The molecule has 1 heterocycles. The maximum atomic E-state index is 13.6. The van der Waals surface area contributed by atoms with Crippen LogP contribution in [0.2, 0.25) is 5.02 Å². The van der Waals surface area contributed by atoms with Crippen LogP contribution in [0.3, 0.4) is 0 Å². The van der Waals surface area contributed by atoms with Gasteiger partial charge in [0.1, 0.15) is 5.82 Å². The summed E-state index contributed by atoms with van der Waals surface area (Å²) >= 11 is 5.73. The average molecular weight is 250 g/mol. The summed E-state index contributed by atoms with van der Waals surface area (Å²) in [5.41, 5.74) is 0.706. The lowest BCUT2D eigenvalue weighted by atomic mass is 9.97. The van der Waals surface area contributed by atoms with Crippen molar-refractivity contribution in [1.82, 2.24) is 5.32 Å². The second-order valence-corrected chi connectivity index (χ2v) is 4.05. The first-order valence-corrected chi connectivity index (χ1v) is 5.34. The molecular weight excluding hydrogens is 236 g/mol. The number of hydrogen-bond acceptors (Lipinski definition) is 1. The molecule has 1 nitrogen and oxygen atoms in total. The number of rotatable bonds is 1. The third-order valence-electron chi connectivity index (χ3n) is 2.67. The third-order valence-corrected chi connectivity index (χ3v) is 2.96. The maximum absolute atomic E-state index is 13.6. The van der Waals surface area contributed by atoms with Crippen LogP contribution < -0.4 is 5.32 Å². The van der Waals surface area contributed by atoms with E-state index in [4.69, 9.17) is 11.6 Å². The van der Waals surface area contributed by atoms with Gasteiger partial charge in [-0.2, -0.15) is 0 Å². The van der Waals surface area contributed by atoms with Gasteiger partial charge in [0.25, 0.3) is 0 Å². The average Bonchev–Trinajstić information content (AvgIpc) is 2.23. The molecule has 1 saturated heterocycles. The van der Waals surface area contributed by atoms with Crippen molar-refractivity contribution in [1.29, 1.82) is 0 Å². The van der Waals surface area contributed by atoms with E-state index >= 15 is 0 Å². The summed E-state index contributed by atoms with van der Waals surface area (Å²) in [7, 11) is 0. The second-order valence-electron chi connectivity index (χ2n) is 3.65. The lowest BCUT2D eigenvalue weighted by Gasteiger charge is -2.24. The van der Waals surface area contributed by atoms with Gasteiger partial charge in [0.15, 0.2) is 0 Å². The fraction of sp³-hybridized carbons (Fsp3) is 0.455. The van der Waals surface area contributed by atoms with Crippen molar-refractivity contribution in [2.45, 2.75) is 25.3 Å². The quantitative estimate of drug-likeness (QED) is 0.801. The fourth-order valence-corrected chi connectivity index (χ4v) is 2.09. The van der Waals surface area contributed by atoms with Crippen molar-refractivity contribution in [3.8, 4) is 0 Å². The van der Waals surface area contributed by atoms with Gasteiger partial charge in [0.05, 0.1) is 5.02 Å². The molecule has 1 N–H and O–H groups in total. The molecule has 0 aromatic heterocycles. The summed E-state index contributed by atoms with van der Waals surface area (Å²) in [6.07, 6.45) is 3.33. The molecule has 1 aromatic rings. The van der Waals surface area contributed by atoms with Crippen LogP contribution in [0.5, 0.6) is 0 Å². The van der Waals surface area contributed by atoms with Crippen LogP contribution in [0.4, 0.5) is 4.39 Å². The van der Waals surface area contributed by atoms with Crippen molar-refractivity contribution < 1.29 is 4.39 Å². The molecule has 1 atom stereocenters. The van der Waals surface area contributed by atoms with Crippen LogP contribution in [0.1, 0.15) is 30.9 Å². The van der Waals surface area contributed by atoms with Crippen molar-refractivity contribution in [2.24, 2.45) is 0 Å². The summed E-state index contributed by atoms with van der Waals surface area (Å²) < 4.78 is 13.6. The Morgan fingerprint density at radius 1 is 1.33 bits per heavy atom. The molecule has 4 heteroatoms. The Balaban J connectivity index is 0.00000112. The highest BCUT2D eigenvalue weighted by Gasteiger charge is 2.18. The number of piperidine rings is 1. The van der Waals surface area contributed by atoms with E-state index in [-0.39, 0.29) is 29.3 Å². The van der Waals surface area contributed by atoms with E-state index < -0.39 is 0 Å². The standard InChI is InChI=1S/C11H13ClFN.ClH/c12-9-5-3-4-8(11(9)13)10-6-1-2-7-14-10;/h3-5,10,14H,1-2,6-7H2;1H/t10-;/m0./s1. The predicted molar refractivity (Wildman–Crippen MR) is 63.3 cm³/mol. The Morgan fingerprint density at radius 2 is 2.13 bits per heavy atom. The van der Waals surface area contributed by atoms with E-state index in [0.717, 1.165) is 19.4 Å². The SMILES string of the molecule is Cl.Fc1c(Cl)cccc1[C@@H]1CCCCN1. The monoisotopic (exact) mass is 249 g/mol. The minimum atomic E-state index is -0.270. The normalized spacial score (nSPS) is 20.8. The van der Waals surface area contributed by atoms with Crippen LogP contribution >= 0.6 is 24.0 Å². The molecule has 0 unspecified atom stereocenters. The first-order valence-electron chi connectivity index (χ1n) is 4.96. The van der Waals surface area contributed by atoms with E-state index in [2.05, 4.69) is 5.32 Å². The minimum absolute atomic E-state index is 0. The Morgan fingerprint density at radius 3 is 2.80 bits per heavy atom. The van der Waals surface area contributed by atoms with Crippen LogP contribution in [-0.4, -0.2) is 6.54 Å². The first-order chi connectivity index (χ1) is 6.79. The molecule has 0 aliphatic carbocycles. The van der Waals surface area contributed by atoms with Gasteiger partial charge in [-0.05, 0) is 25.5 Å². The number of benzene rings is 1. The van der Waals surface area contributed by atoms with Gasteiger partial charge in [0, 0.05) is 11.6 Å². The highest BCUT2D eigenvalue weighted by molar-refractivity contribution is 6.30. The fourth-order valence-electron chi connectivity index (χ4n) is 1.91. The molecular formula is C11H14Cl2FN. The molecule has 0 bridgehead atoms. The van der Waals surface area contributed by atoms with Crippen LogP contribution in [0.25, 0.3) is 0 Å². The molecule has 0 amide bonds. The number of hydrogen-bond donors (Lipinski definition) is 1. The highest BCUT2D eigenvalue weighted by atomic mass is 35.5. The smallest absolute Gasteiger partial charge is 0.146 e. The Kier molecular flexibility index (Phi) is 4.84. The Labute approximate surface area is 100 Å². The maximum Gasteiger partial charge on any atom is 0.146 e. The summed E-state index contributed by atoms with van der Waals surface area (Å²) in [5, 5.41) is 3.52. The zero-order valence-electron chi connectivity index (χ0n) is 8.30. The van der Waals surface area contributed by atoms with E-state index in [1.54, 1.807) is 12.1 Å². The topological polar surface area (TPSA) is 12.0 Å². The largest absolute Gasteiger partial charge is 0.310 e. The van der Waals surface area contributed by atoms with E-state index in [1.807, 2.05) is 6.07 Å². The lowest BCUT2D eigenvalue weighted by molar-refractivity contribution is 0.400. The van der Waals surface area contributed by atoms with Crippen LogP contribution in [0, 0.1) is 5.82 Å². The first kappa shape index (κ1) is 12.8. The van der Waals surface area contributed by atoms with Gasteiger partial charge in [-0.25, -0.2) is 4.39 Å². The summed E-state index contributed by atoms with van der Waals surface area (Å²) in [6, 6.07) is 5.34. The molecule has 0 spiro atoms. The lowest BCUT2D eigenvalue weighted by Crippen LogP contribution is -2.27. The summed E-state index contributed by atoms with van der Waals surface area (Å²) in [4.78, 5) is 0. The van der Waals surface area contributed by atoms with Gasteiger partial charge in [-0.1, -0.05) is 30.2 Å². The number of halogens is 3. The van der Waals surface area contributed by atoms with Gasteiger partial charge < -0.3 is 5.32 Å². The second kappa shape index (κ2) is 5.69. The molecule has 1 aromatic carbocycles. The molecule has 2 rings (SSSR count). The molecule has 15 heavy (non-hydrogen) atoms. The molecule has 1 fully saturated rings. The zero-order valence-corrected chi connectivity index (χ0v) is 9.87. The van der Waals surface area contributed by atoms with Crippen molar-refractivity contribution in [2.75, 3.05) is 6.54 Å². The Bertz CT molecular complexity index is 324. The molecule has 0 saturated carbocycles. The summed E-state index contributed by atoms with van der Waals surface area (Å²) in [6.45, 7) is 0.969. The van der Waals surface area contributed by atoms with Crippen molar-refractivity contribution in [3.05, 3.63) is 34.6 Å². The van der Waals surface area contributed by atoms with E-state index in [9.17, 15) is 4.39 Å². The predicted octanol–water partition coefficient (Wildman–Crippen LogP) is 3.72. The molecule has 1 aliphatic rings. The molecule has 0 radical (unpaired) electrons. The molecule has 1 aliphatic heterocycles. The number of nitrogens with one attached hydrogen (secondary N) is 1. The zero-order chi connectivity index (χ0) is 9.97. The van der Waals surface area contributed by atoms with Crippen LogP contribution in [-0.2, 0) is 0 Å². The van der Waals surface area contributed by atoms with Crippen LogP contribution in [0.15, 0.2) is 18.2 Å². The van der Waals surface area contributed by atoms with Gasteiger partial charge in [-0.15, -0.1) is 12.4 Å². The third kappa shape index (κ3) is 2.83. The van der Waals surface area contributed by atoms with E-state index in [0.29, 0.717) is 5.56 Å². The van der Waals surface area contributed by atoms with Gasteiger partial charge in [0.2, 0.25) is 0 Å².